The average molecular weight is 291 g/mol. The van der Waals surface area contributed by atoms with Gasteiger partial charge in [0.05, 0.1) is 15.6 Å². The first-order valence-electron chi connectivity index (χ1n) is 5.85. The van der Waals surface area contributed by atoms with Gasteiger partial charge in [-0.25, -0.2) is 13.1 Å². The van der Waals surface area contributed by atoms with Gasteiger partial charge in [-0.2, -0.15) is 0 Å². The van der Waals surface area contributed by atoms with Crippen LogP contribution in [-0.2, 0) is 10.0 Å². The van der Waals surface area contributed by atoms with E-state index in [1.54, 1.807) is 0 Å². The van der Waals surface area contributed by atoms with E-state index < -0.39 is 10.0 Å². The molecule has 0 aliphatic heterocycles. The summed E-state index contributed by atoms with van der Waals surface area (Å²) in [6, 6.07) is 4.18. The molecule has 0 aliphatic rings. The molecule has 0 aliphatic carbocycles. The lowest BCUT2D eigenvalue weighted by atomic mass is 10.0. The Labute approximate surface area is 114 Å². The molecule has 2 atom stereocenters. The summed E-state index contributed by atoms with van der Waals surface area (Å²) < 4.78 is 26.9. The number of nitrogen functional groups attached to an aromatic ring is 1. The van der Waals surface area contributed by atoms with E-state index in [0.717, 1.165) is 6.42 Å². The number of anilines is 1. The molecule has 4 nitrogen and oxygen atoms in total. The molecule has 0 bridgehead atoms. The van der Waals surface area contributed by atoms with Gasteiger partial charge >= 0.3 is 0 Å². The quantitative estimate of drug-likeness (QED) is 0.819. The summed E-state index contributed by atoms with van der Waals surface area (Å²) in [5, 5.41) is 0.351. The van der Waals surface area contributed by atoms with Gasteiger partial charge in [-0.15, -0.1) is 0 Å². The Balaban J connectivity index is 2.96. The van der Waals surface area contributed by atoms with Gasteiger partial charge in [0.2, 0.25) is 10.0 Å². The van der Waals surface area contributed by atoms with Crippen LogP contribution < -0.4 is 10.5 Å². The largest absolute Gasteiger partial charge is 0.397 e. The second kappa shape index (κ2) is 5.91. The van der Waals surface area contributed by atoms with E-state index in [1.165, 1.54) is 18.2 Å². The minimum atomic E-state index is -3.54. The molecule has 102 valence electrons. The maximum Gasteiger partial charge on any atom is 0.240 e. The highest BCUT2D eigenvalue weighted by Crippen LogP contribution is 2.22. The SMILES string of the molecule is CCC(C)C(C)NS(=O)(=O)c1ccc(Cl)c(N)c1. The summed E-state index contributed by atoms with van der Waals surface area (Å²) in [5.41, 5.74) is 5.87. The third-order valence-corrected chi connectivity index (χ3v) is 5.02. The van der Waals surface area contributed by atoms with Crippen LogP contribution in [0.1, 0.15) is 27.2 Å². The molecule has 0 radical (unpaired) electrons. The Morgan fingerprint density at radius 3 is 2.50 bits per heavy atom. The Bertz CT molecular complexity index is 517. The third-order valence-electron chi connectivity index (χ3n) is 3.12. The van der Waals surface area contributed by atoms with Crippen molar-refractivity contribution in [2.24, 2.45) is 5.92 Å². The second-order valence-electron chi connectivity index (χ2n) is 4.48. The number of nitrogens with one attached hydrogen (secondary N) is 1. The van der Waals surface area contributed by atoms with E-state index in [0.29, 0.717) is 5.02 Å². The summed E-state index contributed by atoms with van der Waals surface area (Å²) in [7, 11) is -3.54. The van der Waals surface area contributed by atoms with Crippen molar-refractivity contribution in [1.29, 1.82) is 0 Å². The molecule has 0 spiro atoms. The molecule has 0 amide bonds. The molecular weight excluding hydrogens is 272 g/mol. The lowest BCUT2D eigenvalue weighted by Gasteiger charge is -2.20. The van der Waals surface area contributed by atoms with E-state index in [-0.39, 0.29) is 22.5 Å². The van der Waals surface area contributed by atoms with Crippen molar-refractivity contribution in [3.8, 4) is 0 Å². The van der Waals surface area contributed by atoms with Gasteiger partial charge in [-0.3, -0.25) is 0 Å². The molecule has 1 aromatic carbocycles. The van der Waals surface area contributed by atoms with Crippen molar-refractivity contribution in [1.82, 2.24) is 4.72 Å². The summed E-state index contributed by atoms with van der Waals surface area (Å²) >= 11 is 5.77. The highest BCUT2D eigenvalue weighted by molar-refractivity contribution is 7.89. The molecular formula is C12H19ClN2O2S. The van der Waals surface area contributed by atoms with Crippen LogP contribution in [0.2, 0.25) is 5.02 Å². The molecule has 0 saturated heterocycles. The minimum absolute atomic E-state index is 0.128. The van der Waals surface area contributed by atoms with E-state index in [2.05, 4.69) is 4.72 Å². The van der Waals surface area contributed by atoms with E-state index in [9.17, 15) is 8.42 Å². The van der Waals surface area contributed by atoms with Crippen LogP contribution in [-0.4, -0.2) is 14.5 Å². The third kappa shape index (κ3) is 3.60. The first-order chi connectivity index (χ1) is 8.27. The lowest BCUT2D eigenvalue weighted by molar-refractivity contribution is 0.434. The van der Waals surface area contributed by atoms with Crippen molar-refractivity contribution in [2.45, 2.75) is 38.1 Å². The van der Waals surface area contributed by atoms with Crippen molar-refractivity contribution < 1.29 is 8.42 Å². The molecule has 0 aromatic heterocycles. The van der Waals surface area contributed by atoms with Crippen LogP contribution in [0, 0.1) is 5.92 Å². The first kappa shape index (κ1) is 15.3. The van der Waals surface area contributed by atoms with E-state index in [4.69, 9.17) is 17.3 Å². The predicted molar refractivity (Wildman–Crippen MR) is 75.1 cm³/mol. The van der Waals surface area contributed by atoms with Crippen molar-refractivity contribution >= 4 is 27.3 Å². The van der Waals surface area contributed by atoms with E-state index >= 15 is 0 Å². The monoisotopic (exact) mass is 290 g/mol. The van der Waals surface area contributed by atoms with Gasteiger partial charge in [-0.05, 0) is 31.0 Å². The summed E-state index contributed by atoms with van der Waals surface area (Å²) in [4.78, 5) is 0.138. The fourth-order valence-electron chi connectivity index (χ4n) is 1.47. The average Bonchev–Trinajstić information content (AvgIpc) is 2.30. The Hall–Kier alpha value is -0.780. The fraction of sp³-hybridized carbons (Fsp3) is 0.500. The second-order valence-corrected chi connectivity index (χ2v) is 6.60. The topological polar surface area (TPSA) is 72.2 Å². The zero-order chi connectivity index (χ0) is 13.9. The number of hydrogen-bond acceptors (Lipinski definition) is 3. The zero-order valence-corrected chi connectivity index (χ0v) is 12.3. The normalized spacial score (nSPS) is 15.3. The van der Waals surface area contributed by atoms with Gasteiger partial charge in [0.1, 0.15) is 0 Å². The number of rotatable bonds is 5. The van der Waals surface area contributed by atoms with Crippen molar-refractivity contribution in [3.63, 3.8) is 0 Å². The molecule has 18 heavy (non-hydrogen) atoms. The Morgan fingerprint density at radius 1 is 1.39 bits per heavy atom. The maximum atomic E-state index is 12.1. The summed E-state index contributed by atoms with van der Waals surface area (Å²) in [6.45, 7) is 5.88. The van der Waals surface area contributed by atoms with Crippen LogP contribution in [0.3, 0.4) is 0 Å². The van der Waals surface area contributed by atoms with Crippen LogP contribution in [0.5, 0.6) is 0 Å². The van der Waals surface area contributed by atoms with Crippen LogP contribution in [0.4, 0.5) is 5.69 Å². The molecule has 0 fully saturated rings. The highest BCUT2D eigenvalue weighted by Gasteiger charge is 2.20. The lowest BCUT2D eigenvalue weighted by Crippen LogP contribution is -2.36. The number of nitrogens with two attached hydrogens (primary N) is 1. The Kier molecular flexibility index (Phi) is 5.01. The van der Waals surface area contributed by atoms with Gasteiger partial charge in [0.25, 0.3) is 0 Å². The van der Waals surface area contributed by atoms with Gasteiger partial charge in [0, 0.05) is 6.04 Å². The van der Waals surface area contributed by atoms with Gasteiger partial charge < -0.3 is 5.73 Å². The smallest absolute Gasteiger partial charge is 0.240 e. The molecule has 3 N–H and O–H groups in total. The maximum absolute atomic E-state index is 12.1. The molecule has 6 heteroatoms. The summed E-state index contributed by atoms with van der Waals surface area (Å²) in [5.74, 6) is 0.268. The highest BCUT2D eigenvalue weighted by atomic mass is 35.5. The number of benzene rings is 1. The van der Waals surface area contributed by atoms with Crippen molar-refractivity contribution in [2.75, 3.05) is 5.73 Å². The number of halogens is 1. The number of sulfonamides is 1. The zero-order valence-electron chi connectivity index (χ0n) is 10.8. The molecule has 1 rings (SSSR count). The molecule has 1 aromatic rings. The van der Waals surface area contributed by atoms with Crippen LogP contribution in [0.25, 0.3) is 0 Å². The Morgan fingerprint density at radius 2 is 2.00 bits per heavy atom. The first-order valence-corrected chi connectivity index (χ1v) is 7.71. The van der Waals surface area contributed by atoms with Gasteiger partial charge in [-0.1, -0.05) is 31.9 Å². The fourth-order valence-corrected chi connectivity index (χ4v) is 2.98. The van der Waals surface area contributed by atoms with Crippen LogP contribution >= 0.6 is 11.6 Å². The standard InChI is InChI=1S/C12H19ClN2O2S/c1-4-8(2)9(3)15-18(16,17)10-5-6-11(13)12(14)7-10/h5-9,15H,4,14H2,1-3H3. The van der Waals surface area contributed by atoms with Gasteiger partial charge in [0.15, 0.2) is 0 Å². The number of hydrogen-bond donors (Lipinski definition) is 2. The minimum Gasteiger partial charge on any atom is -0.397 e. The predicted octanol–water partition coefficient (Wildman–Crippen LogP) is 2.64. The molecule has 0 saturated carbocycles. The molecule has 0 heterocycles. The van der Waals surface area contributed by atoms with Crippen LogP contribution in [0.15, 0.2) is 23.1 Å². The van der Waals surface area contributed by atoms with E-state index in [1.807, 2.05) is 20.8 Å². The summed E-state index contributed by atoms with van der Waals surface area (Å²) in [6.07, 6.45) is 0.909. The van der Waals surface area contributed by atoms with Crippen molar-refractivity contribution in [3.05, 3.63) is 23.2 Å². The molecule has 2 unspecified atom stereocenters.